The molecule has 0 aliphatic heterocycles. The number of rotatable bonds is 5. The minimum Gasteiger partial charge on any atom is -0.494 e. The number of hydrogen-bond donors (Lipinski definition) is 1. The molecule has 0 aliphatic rings. The Kier molecular flexibility index (Phi) is 5.47. The van der Waals surface area contributed by atoms with Crippen LogP contribution in [0.1, 0.15) is 16.2 Å². The first-order chi connectivity index (χ1) is 16.5. The molecule has 8 nitrogen and oxygen atoms in total. The minimum atomic E-state index is -0.328. The number of fused-ring (bicyclic) bond motifs is 1. The average Bonchev–Trinajstić information content (AvgIpc) is 3.25. The summed E-state index contributed by atoms with van der Waals surface area (Å²) < 4.78 is 7.31. The molecule has 2 aromatic carbocycles. The Morgan fingerprint density at radius 1 is 1.00 bits per heavy atom. The summed E-state index contributed by atoms with van der Waals surface area (Å²) in [5.74, 6) is 0.165. The van der Waals surface area contributed by atoms with Crippen LogP contribution in [0.3, 0.4) is 0 Å². The number of nitrogens with one attached hydrogen (secondary N) is 1. The van der Waals surface area contributed by atoms with E-state index in [1.165, 1.54) is 6.33 Å². The summed E-state index contributed by atoms with van der Waals surface area (Å²) in [5.41, 5.74) is 5.66. The molecule has 0 spiro atoms. The number of nitrogens with zero attached hydrogens (tertiary/aromatic N) is 5. The van der Waals surface area contributed by atoms with Crippen LogP contribution in [0.4, 0.5) is 5.69 Å². The van der Waals surface area contributed by atoms with E-state index < -0.39 is 0 Å². The molecule has 0 radical (unpaired) electrons. The van der Waals surface area contributed by atoms with E-state index in [1.54, 1.807) is 30.0 Å². The normalized spacial score (nSPS) is 10.9. The van der Waals surface area contributed by atoms with Gasteiger partial charge in [0, 0.05) is 41.5 Å². The van der Waals surface area contributed by atoms with Crippen LogP contribution in [0.2, 0.25) is 0 Å². The number of amides is 1. The van der Waals surface area contributed by atoms with Gasteiger partial charge in [-0.25, -0.2) is 15.0 Å². The smallest absolute Gasteiger partial charge is 0.274 e. The highest BCUT2D eigenvalue weighted by molar-refractivity contribution is 6.06. The van der Waals surface area contributed by atoms with E-state index >= 15 is 0 Å². The van der Waals surface area contributed by atoms with Gasteiger partial charge < -0.3 is 10.1 Å². The van der Waals surface area contributed by atoms with Crippen molar-refractivity contribution in [3.05, 3.63) is 84.6 Å². The number of carbonyl (C=O) groups excluding carboxylic acids is 1. The molecular weight excluding hydrogens is 428 g/mol. The van der Waals surface area contributed by atoms with Gasteiger partial charge in [-0.15, -0.1) is 0 Å². The summed E-state index contributed by atoms with van der Waals surface area (Å²) in [7, 11) is 3.43. The van der Waals surface area contributed by atoms with Crippen LogP contribution in [0.5, 0.6) is 5.75 Å². The van der Waals surface area contributed by atoms with Gasteiger partial charge in [-0.2, -0.15) is 5.10 Å². The van der Waals surface area contributed by atoms with Crippen LogP contribution in [-0.2, 0) is 7.05 Å². The Morgan fingerprint density at radius 2 is 1.82 bits per heavy atom. The lowest BCUT2D eigenvalue weighted by atomic mass is 10.0. The van der Waals surface area contributed by atoms with Crippen molar-refractivity contribution in [2.24, 2.45) is 7.05 Å². The second-order valence-corrected chi connectivity index (χ2v) is 7.84. The van der Waals surface area contributed by atoms with Gasteiger partial charge in [0.25, 0.3) is 5.91 Å². The first kappa shape index (κ1) is 21.3. The van der Waals surface area contributed by atoms with E-state index in [-0.39, 0.29) is 5.91 Å². The number of aromatic nitrogens is 5. The van der Waals surface area contributed by atoms with Crippen molar-refractivity contribution < 1.29 is 9.53 Å². The second kappa shape index (κ2) is 8.74. The van der Waals surface area contributed by atoms with E-state index in [9.17, 15) is 4.79 Å². The molecule has 5 aromatic rings. The van der Waals surface area contributed by atoms with Crippen LogP contribution in [0.15, 0.2) is 73.2 Å². The first-order valence-corrected chi connectivity index (χ1v) is 10.7. The lowest BCUT2D eigenvalue weighted by Gasteiger charge is -2.13. The predicted octanol–water partition coefficient (Wildman–Crippen LogP) is 4.66. The molecule has 3 heterocycles. The molecule has 0 saturated carbocycles. The quantitative estimate of drug-likeness (QED) is 0.418. The molecule has 0 bridgehead atoms. The first-order valence-electron chi connectivity index (χ1n) is 10.7. The number of ether oxygens (including phenoxy) is 1. The van der Waals surface area contributed by atoms with Gasteiger partial charge >= 0.3 is 0 Å². The topological polar surface area (TPSA) is 94.8 Å². The van der Waals surface area contributed by atoms with E-state index in [2.05, 4.69) is 25.4 Å². The van der Waals surface area contributed by atoms with E-state index in [4.69, 9.17) is 4.74 Å². The molecule has 1 N–H and O–H groups in total. The number of methoxy groups -OCH3 is 1. The van der Waals surface area contributed by atoms with Crippen molar-refractivity contribution in [3.8, 4) is 28.3 Å². The number of anilines is 1. The SMILES string of the molecule is COc1cc2ncnc(-c3cn(C)nc3-c3ccccc3)c2cc1NC(=O)c1cccc(C)n1. The van der Waals surface area contributed by atoms with Gasteiger partial charge in [0.1, 0.15) is 23.5 Å². The van der Waals surface area contributed by atoms with Crippen LogP contribution < -0.4 is 10.1 Å². The second-order valence-electron chi connectivity index (χ2n) is 7.84. The monoisotopic (exact) mass is 450 g/mol. The molecule has 0 fully saturated rings. The Labute approximate surface area is 196 Å². The van der Waals surface area contributed by atoms with Crippen molar-refractivity contribution >= 4 is 22.5 Å². The zero-order valence-corrected chi connectivity index (χ0v) is 19.0. The van der Waals surface area contributed by atoms with Gasteiger partial charge in [-0.3, -0.25) is 9.48 Å². The molecule has 34 heavy (non-hydrogen) atoms. The zero-order chi connectivity index (χ0) is 23.7. The maximum absolute atomic E-state index is 12.9. The molecular formula is C26H22N6O2. The molecule has 0 saturated heterocycles. The maximum atomic E-state index is 12.9. The Balaban J connectivity index is 1.64. The average molecular weight is 451 g/mol. The number of pyridine rings is 1. The molecule has 0 atom stereocenters. The summed E-state index contributed by atoms with van der Waals surface area (Å²) in [4.78, 5) is 26.2. The highest BCUT2D eigenvalue weighted by Gasteiger charge is 2.19. The lowest BCUT2D eigenvalue weighted by molar-refractivity contribution is 0.102. The van der Waals surface area contributed by atoms with Crippen molar-refractivity contribution in [2.45, 2.75) is 6.92 Å². The van der Waals surface area contributed by atoms with Crippen LogP contribution in [-0.4, -0.2) is 37.7 Å². The van der Waals surface area contributed by atoms with Crippen LogP contribution in [0.25, 0.3) is 33.4 Å². The summed E-state index contributed by atoms with van der Waals surface area (Å²) in [6, 6.07) is 18.9. The lowest BCUT2D eigenvalue weighted by Crippen LogP contribution is -2.14. The van der Waals surface area contributed by atoms with Crippen molar-refractivity contribution in [2.75, 3.05) is 12.4 Å². The van der Waals surface area contributed by atoms with Gasteiger partial charge in [0.2, 0.25) is 0 Å². The number of aryl methyl sites for hydroxylation is 2. The fourth-order valence-corrected chi connectivity index (χ4v) is 3.89. The van der Waals surface area contributed by atoms with Gasteiger partial charge in [0.05, 0.1) is 24.0 Å². The van der Waals surface area contributed by atoms with Crippen LogP contribution >= 0.6 is 0 Å². The molecule has 168 valence electrons. The number of carbonyl (C=O) groups is 1. The Morgan fingerprint density at radius 3 is 2.59 bits per heavy atom. The van der Waals surface area contributed by atoms with Gasteiger partial charge in [0.15, 0.2) is 0 Å². The number of hydrogen-bond acceptors (Lipinski definition) is 6. The summed E-state index contributed by atoms with van der Waals surface area (Å²) in [6.45, 7) is 1.84. The maximum Gasteiger partial charge on any atom is 0.274 e. The van der Waals surface area contributed by atoms with E-state index in [1.807, 2.05) is 62.6 Å². The van der Waals surface area contributed by atoms with Crippen molar-refractivity contribution in [1.29, 1.82) is 0 Å². The van der Waals surface area contributed by atoms with Crippen LogP contribution in [0, 0.1) is 6.92 Å². The fraction of sp³-hybridized carbons (Fsp3) is 0.115. The van der Waals surface area contributed by atoms with Gasteiger partial charge in [-0.05, 0) is 25.1 Å². The summed E-state index contributed by atoms with van der Waals surface area (Å²) >= 11 is 0. The zero-order valence-electron chi connectivity index (χ0n) is 19.0. The highest BCUT2D eigenvalue weighted by atomic mass is 16.5. The third kappa shape index (κ3) is 3.97. The largest absolute Gasteiger partial charge is 0.494 e. The third-order valence-electron chi connectivity index (χ3n) is 5.46. The number of benzene rings is 2. The van der Waals surface area contributed by atoms with E-state index in [0.29, 0.717) is 28.3 Å². The van der Waals surface area contributed by atoms with Crippen molar-refractivity contribution in [1.82, 2.24) is 24.7 Å². The summed E-state index contributed by atoms with van der Waals surface area (Å²) in [6.07, 6.45) is 3.46. The minimum absolute atomic E-state index is 0.324. The highest BCUT2D eigenvalue weighted by Crippen LogP contribution is 2.37. The van der Waals surface area contributed by atoms with E-state index in [0.717, 1.165) is 27.9 Å². The molecule has 8 heteroatoms. The molecule has 5 rings (SSSR count). The fourth-order valence-electron chi connectivity index (χ4n) is 3.89. The standard InChI is InChI=1S/C26H22N6O2/c1-16-8-7-11-20(29-16)26(33)30-22-12-18-21(13-23(22)34-3)27-15-28-25(18)19-14-32(2)31-24(19)17-9-5-4-6-10-17/h4-15H,1-3H3,(H,30,33). The summed E-state index contributed by atoms with van der Waals surface area (Å²) in [5, 5.41) is 8.36. The molecule has 0 aliphatic carbocycles. The molecule has 0 unspecified atom stereocenters. The Hall–Kier alpha value is -4.59. The van der Waals surface area contributed by atoms with Crippen molar-refractivity contribution in [3.63, 3.8) is 0 Å². The molecule has 3 aromatic heterocycles. The Bertz CT molecular complexity index is 1510. The van der Waals surface area contributed by atoms with Gasteiger partial charge in [-0.1, -0.05) is 36.4 Å². The molecule has 1 amide bonds. The predicted molar refractivity (Wildman–Crippen MR) is 131 cm³/mol. The third-order valence-corrected chi connectivity index (χ3v) is 5.46.